The molecule has 0 saturated heterocycles. The number of urea groups is 1. The van der Waals surface area contributed by atoms with Gasteiger partial charge in [0.1, 0.15) is 11.6 Å². The Labute approximate surface area is 206 Å². The molecule has 0 spiro atoms. The van der Waals surface area contributed by atoms with Gasteiger partial charge in [-0.15, -0.1) is 0 Å². The number of aromatic nitrogens is 2. The molecule has 1 aromatic heterocycles. The van der Waals surface area contributed by atoms with Gasteiger partial charge in [-0.25, -0.2) is 9.78 Å². The van der Waals surface area contributed by atoms with Gasteiger partial charge in [-0.1, -0.05) is 40.2 Å². The van der Waals surface area contributed by atoms with E-state index in [0.717, 1.165) is 10.0 Å². The number of carbonyl (C=O) groups excluding carboxylic acids is 1. The Morgan fingerprint density at radius 3 is 2.62 bits per heavy atom. The van der Waals surface area contributed by atoms with E-state index in [2.05, 4.69) is 21.2 Å². The third-order valence-corrected chi connectivity index (χ3v) is 6.22. The molecule has 4 rings (SSSR count). The van der Waals surface area contributed by atoms with Crippen molar-refractivity contribution in [3.63, 3.8) is 0 Å². The minimum absolute atomic E-state index is 0.225. The number of para-hydroxylation sites is 1. The first-order chi connectivity index (χ1) is 16.3. The maximum Gasteiger partial charge on any atom is 0.322 e. The van der Waals surface area contributed by atoms with Crippen molar-refractivity contribution in [3.05, 3.63) is 92.9 Å². The Balaban J connectivity index is 1.84. The van der Waals surface area contributed by atoms with E-state index in [1.54, 1.807) is 30.9 Å². The zero-order valence-corrected chi connectivity index (χ0v) is 21.0. The van der Waals surface area contributed by atoms with Crippen LogP contribution in [-0.4, -0.2) is 34.6 Å². The molecule has 1 N–H and O–H groups in total. The van der Waals surface area contributed by atoms with Crippen molar-refractivity contribution in [2.45, 2.75) is 19.9 Å². The molecule has 7 nitrogen and oxygen atoms in total. The summed E-state index contributed by atoms with van der Waals surface area (Å²) in [6, 6.07) is 19.3. The van der Waals surface area contributed by atoms with Crippen LogP contribution in [0.5, 0.6) is 5.75 Å². The summed E-state index contributed by atoms with van der Waals surface area (Å²) in [7, 11) is 3.24. The molecule has 0 saturated carbocycles. The molecular formula is C26H25BrN4O3. The fraction of sp³-hybridized carbons (Fsp3) is 0.192. The van der Waals surface area contributed by atoms with Crippen LogP contribution in [0.15, 0.2) is 76.0 Å². The summed E-state index contributed by atoms with van der Waals surface area (Å²) >= 11 is 3.42. The van der Waals surface area contributed by atoms with Gasteiger partial charge >= 0.3 is 6.03 Å². The summed E-state index contributed by atoms with van der Waals surface area (Å²) in [5, 5.41) is 3.38. The van der Waals surface area contributed by atoms with E-state index in [9.17, 15) is 9.59 Å². The fourth-order valence-corrected chi connectivity index (χ4v) is 4.16. The SMILES string of the molecule is COc1ccc(C)cc1-n1c(C(C)N(C)C(=O)Nc2cccc(Br)c2)nc2ccccc2c1=O. The predicted molar refractivity (Wildman–Crippen MR) is 138 cm³/mol. The van der Waals surface area contributed by atoms with Crippen molar-refractivity contribution in [3.8, 4) is 11.4 Å². The summed E-state index contributed by atoms with van der Waals surface area (Å²) < 4.78 is 7.97. The number of hydrogen-bond acceptors (Lipinski definition) is 4. The largest absolute Gasteiger partial charge is 0.495 e. The molecule has 174 valence electrons. The number of hydrogen-bond donors (Lipinski definition) is 1. The number of aryl methyl sites for hydroxylation is 1. The summed E-state index contributed by atoms with van der Waals surface area (Å²) in [5.41, 5.74) is 2.54. The van der Waals surface area contributed by atoms with Crippen molar-refractivity contribution in [2.24, 2.45) is 0 Å². The molecule has 4 aromatic rings. The molecule has 34 heavy (non-hydrogen) atoms. The van der Waals surface area contributed by atoms with Crippen molar-refractivity contribution in [2.75, 3.05) is 19.5 Å². The maximum atomic E-state index is 13.7. The van der Waals surface area contributed by atoms with Gasteiger partial charge < -0.3 is 15.0 Å². The molecule has 1 unspecified atom stereocenters. The summed E-state index contributed by atoms with van der Waals surface area (Å²) in [6.07, 6.45) is 0. The standard InChI is InChI=1S/C26H25BrN4O3/c1-16-12-13-23(34-4)22(14-16)31-24(29-21-11-6-5-10-20(21)25(31)32)17(2)30(3)26(33)28-19-9-7-8-18(27)15-19/h5-15,17H,1-4H3,(H,28,33). The van der Waals surface area contributed by atoms with Crippen LogP contribution in [0.1, 0.15) is 24.4 Å². The number of ether oxygens (including phenoxy) is 1. The van der Waals surface area contributed by atoms with Crippen LogP contribution in [0.3, 0.4) is 0 Å². The van der Waals surface area contributed by atoms with Crippen LogP contribution in [0.25, 0.3) is 16.6 Å². The van der Waals surface area contributed by atoms with Gasteiger partial charge in [0.15, 0.2) is 0 Å². The number of nitrogens with one attached hydrogen (secondary N) is 1. The Morgan fingerprint density at radius 1 is 1.12 bits per heavy atom. The molecule has 2 amide bonds. The quantitative estimate of drug-likeness (QED) is 0.366. The maximum absolute atomic E-state index is 13.7. The molecule has 0 aliphatic rings. The average molecular weight is 521 g/mol. The number of carbonyl (C=O) groups is 1. The normalized spacial score (nSPS) is 11.8. The minimum Gasteiger partial charge on any atom is -0.495 e. The lowest BCUT2D eigenvalue weighted by atomic mass is 10.1. The van der Waals surface area contributed by atoms with Crippen LogP contribution in [-0.2, 0) is 0 Å². The molecular weight excluding hydrogens is 496 g/mol. The first kappa shape index (κ1) is 23.5. The number of benzene rings is 3. The highest BCUT2D eigenvalue weighted by atomic mass is 79.9. The number of nitrogens with zero attached hydrogens (tertiary/aromatic N) is 3. The third-order valence-electron chi connectivity index (χ3n) is 5.73. The van der Waals surface area contributed by atoms with E-state index in [1.807, 2.05) is 68.4 Å². The highest BCUT2D eigenvalue weighted by molar-refractivity contribution is 9.10. The molecule has 1 atom stereocenters. The highest BCUT2D eigenvalue weighted by Crippen LogP contribution is 2.28. The zero-order valence-electron chi connectivity index (χ0n) is 19.4. The number of rotatable bonds is 5. The van der Waals surface area contributed by atoms with Gasteiger partial charge in [-0.2, -0.15) is 0 Å². The van der Waals surface area contributed by atoms with Gasteiger partial charge in [0.05, 0.1) is 29.7 Å². The second kappa shape index (κ2) is 9.69. The molecule has 0 bridgehead atoms. The van der Waals surface area contributed by atoms with Gasteiger partial charge in [-0.3, -0.25) is 9.36 Å². The number of halogens is 1. The van der Waals surface area contributed by atoms with Crippen LogP contribution >= 0.6 is 15.9 Å². The Hall–Kier alpha value is -3.65. The number of methoxy groups -OCH3 is 1. The van der Waals surface area contributed by atoms with Gasteiger partial charge in [0.25, 0.3) is 5.56 Å². The number of anilines is 1. The lowest BCUT2D eigenvalue weighted by Crippen LogP contribution is -2.37. The van der Waals surface area contributed by atoms with E-state index in [-0.39, 0.29) is 11.6 Å². The number of amides is 2. The summed E-state index contributed by atoms with van der Waals surface area (Å²) in [6.45, 7) is 3.79. The van der Waals surface area contributed by atoms with E-state index in [4.69, 9.17) is 9.72 Å². The average Bonchev–Trinajstić information content (AvgIpc) is 2.83. The van der Waals surface area contributed by atoms with Gasteiger partial charge in [0, 0.05) is 17.2 Å². The van der Waals surface area contributed by atoms with Crippen molar-refractivity contribution in [1.82, 2.24) is 14.5 Å². The molecule has 1 heterocycles. The van der Waals surface area contributed by atoms with Crippen LogP contribution < -0.4 is 15.6 Å². The van der Waals surface area contributed by atoms with E-state index < -0.39 is 6.04 Å². The van der Waals surface area contributed by atoms with Crippen molar-refractivity contribution in [1.29, 1.82) is 0 Å². The first-order valence-electron chi connectivity index (χ1n) is 10.8. The monoisotopic (exact) mass is 520 g/mol. The zero-order chi connectivity index (χ0) is 24.4. The lowest BCUT2D eigenvalue weighted by Gasteiger charge is -2.27. The van der Waals surface area contributed by atoms with Gasteiger partial charge in [0.2, 0.25) is 0 Å². The fourth-order valence-electron chi connectivity index (χ4n) is 3.76. The molecule has 0 radical (unpaired) electrons. The molecule has 0 fully saturated rings. The second-order valence-electron chi connectivity index (χ2n) is 8.03. The van der Waals surface area contributed by atoms with Crippen LogP contribution in [0, 0.1) is 6.92 Å². The number of fused-ring (bicyclic) bond motifs is 1. The van der Waals surface area contributed by atoms with Crippen LogP contribution in [0.2, 0.25) is 0 Å². The summed E-state index contributed by atoms with van der Waals surface area (Å²) in [5.74, 6) is 0.971. The summed E-state index contributed by atoms with van der Waals surface area (Å²) in [4.78, 5) is 33.1. The highest BCUT2D eigenvalue weighted by Gasteiger charge is 2.25. The van der Waals surface area contributed by atoms with Crippen molar-refractivity contribution < 1.29 is 9.53 Å². The lowest BCUT2D eigenvalue weighted by molar-refractivity contribution is 0.205. The Morgan fingerprint density at radius 2 is 1.88 bits per heavy atom. The van der Waals surface area contributed by atoms with Gasteiger partial charge in [-0.05, 0) is 61.9 Å². The molecule has 3 aromatic carbocycles. The third kappa shape index (κ3) is 4.54. The van der Waals surface area contributed by atoms with Crippen molar-refractivity contribution >= 4 is 38.6 Å². The smallest absolute Gasteiger partial charge is 0.322 e. The second-order valence-corrected chi connectivity index (χ2v) is 8.95. The Bertz CT molecular complexity index is 1430. The predicted octanol–water partition coefficient (Wildman–Crippen LogP) is 5.69. The minimum atomic E-state index is -0.533. The van der Waals surface area contributed by atoms with E-state index in [1.165, 1.54) is 4.90 Å². The topological polar surface area (TPSA) is 76.5 Å². The molecule has 0 aliphatic heterocycles. The molecule has 8 heteroatoms. The van der Waals surface area contributed by atoms with Crippen LogP contribution in [0.4, 0.5) is 10.5 Å². The first-order valence-corrected chi connectivity index (χ1v) is 11.6. The van der Waals surface area contributed by atoms with E-state index >= 15 is 0 Å². The Kier molecular flexibility index (Phi) is 6.70. The molecule has 0 aliphatic carbocycles. The van der Waals surface area contributed by atoms with E-state index in [0.29, 0.717) is 33.9 Å².